The molecule has 0 saturated heterocycles. The molecule has 0 spiro atoms. The van der Waals surface area contributed by atoms with Crippen molar-refractivity contribution >= 4 is 11.8 Å². The van der Waals surface area contributed by atoms with Crippen LogP contribution in [0.1, 0.15) is 25.7 Å². The Hall–Kier alpha value is -0.870. The van der Waals surface area contributed by atoms with Gasteiger partial charge < -0.3 is 15.2 Å². The predicted octanol–water partition coefficient (Wildman–Crippen LogP) is 2.78. The first-order valence-electron chi connectivity index (χ1n) is 6.13. The van der Waals surface area contributed by atoms with Crippen LogP contribution in [0.2, 0.25) is 0 Å². The van der Waals surface area contributed by atoms with Gasteiger partial charge in [0.05, 0.1) is 0 Å². The molecule has 2 aliphatic rings. The summed E-state index contributed by atoms with van der Waals surface area (Å²) >= 11 is 1.94. The second-order valence-corrected chi connectivity index (χ2v) is 6.04. The molecule has 92 valence electrons. The van der Waals surface area contributed by atoms with Crippen LogP contribution < -0.4 is 15.2 Å². The van der Waals surface area contributed by atoms with Crippen LogP contribution in [0.25, 0.3) is 0 Å². The highest BCUT2D eigenvalue weighted by Crippen LogP contribution is 2.39. The fraction of sp³-hybridized carbons (Fsp3) is 0.538. The zero-order chi connectivity index (χ0) is 11.7. The normalized spacial score (nSPS) is 27.1. The van der Waals surface area contributed by atoms with Crippen LogP contribution in [-0.4, -0.2) is 18.1 Å². The van der Waals surface area contributed by atoms with Crippen LogP contribution >= 0.6 is 11.8 Å². The van der Waals surface area contributed by atoms with Gasteiger partial charge >= 0.3 is 0 Å². The van der Waals surface area contributed by atoms with E-state index in [4.69, 9.17) is 15.2 Å². The smallest absolute Gasteiger partial charge is 0.231 e. The standard InChI is InChI=1S/C13H17NO2S/c14-9-1-3-10(4-2-9)17-11-5-6-12-13(7-11)16-8-15-12/h5-7,9-10H,1-4,8,14H2. The molecule has 17 heavy (non-hydrogen) atoms. The molecular weight excluding hydrogens is 234 g/mol. The highest BCUT2D eigenvalue weighted by atomic mass is 32.2. The van der Waals surface area contributed by atoms with Gasteiger partial charge in [-0.25, -0.2) is 0 Å². The maximum Gasteiger partial charge on any atom is 0.231 e. The monoisotopic (exact) mass is 251 g/mol. The molecule has 0 unspecified atom stereocenters. The quantitative estimate of drug-likeness (QED) is 0.878. The van der Waals surface area contributed by atoms with Crippen molar-refractivity contribution in [2.24, 2.45) is 5.73 Å². The average molecular weight is 251 g/mol. The lowest BCUT2D eigenvalue weighted by Crippen LogP contribution is -2.27. The minimum absolute atomic E-state index is 0.349. The number of hydrogen-bond donors (Lipinski definition) is 1. The highest BCUT2D eigenvalue weighted by molar-refractivity contribution is 8.00. The maximum atomic E-state index is 5.92. The molecule has 3 rings (SSSR count). The van der Waals surface area contributed by atoms with Gasteiger partial charge in [0.1, 0.15) is 0 Å². The number of benzene rings is 1. The summed E-state index contributed by atoms with van der Waals surface area (Å²) in [5.74, 6) is 1.74. The third-order valence-electron chi connectivity index (χ3n) is 3.37. The molecule has 0 atom stereocenters. The van der Waals surface area contributed by atoms with Crippen LogP contribution in [0.5, 0.6) is 11.5 Å². The van der Waals surface area contributed by atoms with Crippen LogP contribution in [0.15, 0.2) is 23.1 Å². The van der Waals surface area contributed by atoms with Gasteiger partial charge in [0.25, 0.3) is 0 Å². The van der Waals surface area contributed by atoms with E-state index in [0.29, 0.717) is 18.1 Å². The molecule has 1 aliphatic heterocycles. The third kappa shape index (κ3) is 2.53. The minimum atomic E-state index is 0.349. The lowest BCUT2D eigenvalue weighted by atomic mass is 9.96. The van der Waals surface area contributed by atoms with Gasteiger partial charge in [-0.15, -0.1) is 11.8 Å². The summed E-state index contributed by atoms with van der Waals surface area (Å²) in [6.07, 6.45) is 4.75. The summed E-state index contributed by atoms with van der Waals surface area (Å²) in [6, 6.07) is 6.62. The Kier molecular flexibility index (Phi) is 3.16. The highest BCUT2D eigenvalue weighted by Gasteiger charge is 2.20. The van der Waals surface area contributed by atoms with Gasteiger partial charge in [-0.3, -0.25) is 0 Å². The van der Waals surface area contributed by atoms with Crippen molar-refractivity contribution in [3.8, 4) is 11.5 Å². The Morgan fingerprint density at radius 3 is 2.65 bits per heavy atom. The van der Waals surface area contributed by atoms with Crippen molar-refractivity contribution in [3.05, 3.63) is 18.2 Å². The molecule has 4 heteroatoms. The third-order valence-corrected chi connectivity index (χ3v) is 4.70. The number of rotatable bonds is 2. The molecule has 0 aromatic heterocycles. The first kappa shape index (κ1) is 11.2. The van der Waals surface area contributed by atoms with E-state index < -0.39 is 0 Å². The molecule has 1 fully saturated rings. The van der Waals surface area contributed by atoms with Crippen molar-refractivity contribution in [1.29, 1.82) is 0 Å². The maximum absolute atomic E-state index is 5.92. The van der Waals surface area contributed by atoms with Crippen LogP contribution in [-0.2, 0) is 0 Å². The zero-order valence-corrected chi connectivity index (χ0v) is 10.5. The molecular formula is C13H17NO2S. The van der Waals surface area contributed by atoms with Crippen molar-refractivity contribution in [3.63, 3.8) is 0 Å². The lowest BCUT2D eigenvalue weighted by Gasteiger charge is -2.25. The SMILES string of the molecule is NC1CCC(Sc2ccc3c(c2)OCO3)CC1. The van der Waals surface area contributed by atoms with Crippen molar-refractivity contribution in [2.75, 3.05) is 6.79 Å². The van der Waals surface area contributed by atoms with Crippen LogP contribution in [0, 0.1) is 0 Å². The van der Waals surface area contributed by atoms with E-state index in [-0.39, 0.29) is 0 Å². The van der Waals surface area contributed by atoms with Crippen LogP contribution in [0.3, 0.4) is 0 Å². The number of hydrogen-bond acceptors (Lipinski definition) is 4. The van der Waals surface area contributed by atoms with Crippen molar-refractivity contribution in [2.45, 2.75) is 41.9 Å². The molecule has 1 heterocycles. The van der Waals surface area contributed by atoms with Crippen molar-refractivity contribution < 1.29 is 9.47 Å². The van der Waals surface area contributed by atoms with E-state index in [0.717, 1.165) is 24.3 Å². The molecule has 1 aromatic rings. The molecule has 1 aliphatic carbocycles. The number of fused-ring (bicyclic) bond motifs is 1. The number of thioether (sulfide) groups is 1. The summed E-state index contributed by atoms with van der Waals surface area (Å²) in [6.45, 7) is 0.349. The predicted molar refractivity (Wildman–Crippen MR) is 68.7 cm³/mol. The van der Waals surface area contributed by atoms with Gasteiger partial charge in [-0.1, -0.05) is 0 Å². The van der Waals surface area contributed by atoms with Gasteiger partial charge in [-0.2, -0.15) is 0 Å². The first-order chi connectivity index (χ1) is 8.31. The molecule has 0 bridgehead atoms. The minimum Gasteiger partial charge on any atom is -0.454 e. The zero-order valence-electron chi connectivity index (χ0n) is 9.72. The number of nitrogens with two attached hydrogens (primary N) is 1. The summed E-state index contributed by atoms with van der Waals surface area (Å²) in [5.41, 5.74) is 5.92. The number of ether oxygens (including phenoxy) is 2. The fourth-order valence-corrected chi connectivity index (χ4v) is 3.56. The fourth-order valence-electron chi connectivity index (χ4n) is 2.35. The van der Waals surface area contributed by atoms with E-state index >= 15 is 0 Å². The van der Waals surface area contributed by atoms with Crippen molar-refractivity contribution in [1.82, 2.24) is 0 Å². The second-order valence-electron chi connectivity index (χ2n) is 4.67. The van der Waals surface area contributed by atoms with E-state index in [1.54, 1.807) is 0 Å². The molecule has 3 nitrogen and oxygen atoms in total. The van der Waals surface area contributed by atoms with E-state index in [2.05, 4.69) is 12.1 Å². The van der Waals surface area contributed by atoms with Crippen LogP contribution in [0.4, 0.5) is 0 Å². The molecule has 1 saturated carbocycles. The Morgan fingerprint density at radius 1 is 1.06 bits per heavy atom. The summed E-state index contributed by atoms with van der Waals surface area (Å²) in [4.78, 5) is 1.27. The first-order valence-corrected chi connectivity index (χ1v) is 7.01. The molecule has 0 radical (unpaired) electrons. The van der Waals surface area contributed by atoms with E-state index in [9.17, 15) is 0 Å². The summed E-state index contributed by atoms with van der Waals surface area (Å²) in [5, 5.41) is 0.704. The Bertz CT molecular complexity index is 402. The topological polar surface area (TPSA) is 44.5 Å². The molecule has 2 N–H and O–H groups in total. The molecule has 0 amide bonds. The van der Waals surface area contributed by atoms with Gasteiger partial charge in [0, 0.05) is 16.2 Å². The summed E-state index contributed by atoms with van der Waals surface area (Å²) < 4.78 is 10.7. The van der Waals surface area contributed by atoms with Gasteiger partial charge in [0.2, 0.25) is 6.79 Å². The largest absolute Gasteiger partial charge is 0.454 e. The van der Waals surface area contributed by atoms with E-state index in [1.807, 2.05) is 17.8 Å². The Labute approximate surface area is 106 Å². The Balaban J connectivity index is 1.65. The second kappa shape index (κ2) is 4.78. The van der Waals surface area contributed by atoms with E-state index in [1.165, 1.54) is 17.7 Å². The van der Waals surface area contributed by atoms with Gasteiger partial charge in [0.15, 0.2) is 11.5 Å². The van der Waals surface area contributed by atoms with Gasteiger partial charge in [-0.05, 0) is 43.9 Å². The average Bonchev–Trinajstić information content (AvgIpc) is 2.79. The lowest BCUT2D eigenvalue weighted by molar-refractivity contribution is 0.174. The molecule has 1 aromatic carbocycles. The Morgan fingerprint density at radius 2 is 1.82 bits per heavy atom. The summed E-state index contributed by atoms with van der Waals surface area (Å²) in [7, 11) is 0.